The van der Waals surface area contributed by atoms with Crippen molar-refractivity contribution in [3.8, 4) is 0 Å². The van der Waals surface area contributed by atoms with Gasteiger partial charge in [-0.3, -0.25) is 4.79 Å². The number of carbonyl (C=O) groups is 1. The Kier molecular flexibility index (Phi) is 9.88. The van der Waals surface area contributed by atoms with Gasteiger partial charge in [0.2, 0.25) is 6.79 Å². The van der Waals surface area contributed by atoms with Crippen molar-refractivity contribution in [1.82, 2.24) is 0 Å². The zero-order valence-electron chi connectivity index (χ0n) is 14.7. The van der Waals surface area contributed by atoms with E-state index in [1.54, 1.807) is 0 Å². The van der Waals surface area contributed by atoms with Crippen LogP contribution in [0.1, 0.15) is 32.6 Å². The van der Waals surface area contributed by atoms with Crippen LogP contribution in [0.4, 0.5) is 0 Å². The molecule has 26 heavy (non-hydrogen) atoms. The molecule has 2 unspecified atom stereocenters. The van der Waals surface area contributed by atoms with Crippen LogP contribution < -0.4 is 0 Å². The molecule has 0 saturated carbocycles. The SMILES string of the molecule is C=C1C=C(/C=C\C)C(CCC(=O)OCOP(=O)(O)O)C1CCCN=C=S. The van der Waals surface area contributed by atoms with Gasteiger partial charge in [0, 0.05) is 13.0 Å². The molecule has 0 spiro atoms. The van der Waals surface area contributed by atoms with Crippen LogP contribution in [-0.4, -0.2) is 34.3 Å². The molecule has 9 heteroatoms. The molecule has 1 aliphatic carbocycles. The number of carbonyl (C=O) groups excluding carboxylic acids is 1. The average molecular weight is 401 g/mol. The van der Waals surface area contributed by atoms with Crippen molar-refractivity contribution in [2.24, 2.45) is 16.8 Å². The van der Waals surface area contributed by atoms with Crippen molar-refractivity contribution < 1.29 is 28.4 Å². The summed E-state index contributed by atoms with van der Waals surface area (Å²) < 4.78 is 19.4. The van der Waals surface area contributed by atoms with Gasteiger partial charge >= 0.3 is 13.8 Å². The van der Waals surface area contributed by atoms with Crippen molar-refractivity contribution in [3.63, 3.8) is 0 Å². The molecule has 0 heterocycles. The van der Waals surface area contributed by atoms with Gasteiger partial charge in [0.05, 0.1) is 5.16 Å². The molecule has 7 nitrogen and oxygen atoms in total. The van der Waals surface area contributed by atoms with Crippen molar-refractivity contribution >= 4 is 31.2 Å². The maximum atomic E-state index is 11.8. The molecule has 0 aromatic carbocycles. The Morgan fingerprint density at radius 1 is 1.46 bits per heavy atom. The molecule has 0 fully saturated rings. The summed E-state index contributed by atoms with van der Waals surface area (Å²) in [5, 5.41) is 2.35. The van der Waals surface area contributed by atoms with Crippen LogP contribution in [0.5, 0.6) is 0 Å². The van der Waals surface area contributed by atoms with Gasteiger partial charge in [0.1, 0.15) is 0 Å². The molecule has 0 radical (unpaired) electrons. The molecule has 0 saturated heterocycles. The third-order valence-electron chi connectivity index (χ3n) is 4.05. The predicted molar refractivity (Wildman–Crippen MR) is 101 cm³/mol. The molecule has 1 rings (SSSR count). The number of ether oxygens (including phenoxy) is 1. The first-order valence-electron chi connectivity index (χ1n) is 8.21. The lowest BCUT2D eigenvalue weighted by atomic mass is 9.82. The zero-order chi connectivity index (χ0) is 19.6. The molecular formula is C17H24NO6PS. The number of esters is 1. The van der Waals surface area contributed by atoms with Gasteiger partial charge in [0.25, 0.3) is 0 Å². The molecule has 0 bridgehead atoms. The lowest BCUT2D eigenvalue weighted by molar-refractivity contribution is -0.151. The Morgan fingerprint density at radius 3 is 2.81 bits per heavy atom. The molecule has 1 aliphatic rings. The standard InChI is InChI=1S/C17H24NO6PS/c1-3-5-14-10-13(2)15(6-4-9-18-11-26)16(14)7-8-17(19)23-12-24-25(20,21)22/h3,5,10,15-16H,2,4,6-9,12H2,1H3,(H2,20,21,22)/b5-3-. The molecule has 0 aromatic heterocycles. The fourth-order valence-electron chi connectivity index (χ4n) is 2.98. The van der Waals surface area contributed by atoms with Gasteiger partial charge in [-0.05, 0) is 55.8 Å². The lowest BCUT2D eigenvalue weighted by Crippen LogP contribution is -2.16. The highest BCUT2D eigenvalue weighted by atomic mass is 32.1. The van der Waals surface area contributed by atoms with Crippen LogP contribution in [0, 0.1) is 11.8 Å². The van der Waals surface area contributed by atoms with E-state index in [1.807, 2.05) is 25.2 Å². The highest BCUT2D eigenvalue weighted by Crippen LogP contribution is 2.41. The molecule has 2 atom stereocenters. The average Bonchev–Trinajstić information content (AvgIpc) is 2.84. The summed E-state index contributed by atoms with van der Waals surface area (Å²) in [4.78, 5) is 32.8. The largest absolute Gasteiger partial charge is 0.472 e. The number of isothiocyanates is 1. The minimum atomic E-state index is -4.65. The summed E-state index contributed by atoms with van der Waals surface area (Å²) in [6.45, 7) is 5.89. The molecular weight excluding hydrogens is 377 g/mol. The van der Waals surface area contributed by atoms with Crippen LogP contribution in [0.2, 0.25) is 0 Å². The first-order valence-corrected chi connectivity index (χ1v) is 10.1. The first-order chi connectivity index (χ1) is 12.3. The van der Waals surface area contributed by atoms with Crippen molar-refractivity contribution in [2.75, 3.05) is 13.3 Å². The zero-order valence-corrected chi connectivity index (χ0v) is 16.4. The van der Waals surface area contributed by atoms with E-state index in [0.717, 1.165) is 24.0 Å². The van der Waals surface area contributed by atoms with Gasteiger partial charge in [-0.2, -0.15) is 0 Å². The van der Waals surface area contributed by atoms with E-state index >= 15 is 0 Å². The number of hydrogen-bond acceptors (Lipinski definition) is 6. The van der Waals surface area contributed by atoms with Crippen molar-refractivity contribution in [3.05, 3.63) is 36.0 Å². The lowest BCUT2D eigenvalue weighted by Gasteiger charge is -2.22. The van der Waals surface area contributed by atoms with Gasteiger partial charge in [-0.15, -0.1) is 0 Å². The van der Waals surface area contributed by atoms with E-state index in [0.29, 0.717) is 13.0 Å². The summed E-state index contributed by atoms with van der Waals surface area (Å²) in [6, 6.07) is 0. The van der Waals surface area contributed by atoms with E-state index in [4.69, 9.17) is 14.5 Å². The Bertz CT molecular complexity index is 662. The maximum absolute atomic E-state index is 11.8. The van der Waals surface area contributed by atoms with Crippen LogP contribution in [0.3, 0.4) is 0 Å². The fourth-order valence-corrected chi connectivity index (χ4v) is 3.26. The van der Waals surface area contributed by atoms with Crippen LogP contribution in [0.25, 0.3) is 0 Å². The van der Waals surface area contributed by atoms with Gasteiger partial charge in [0.15, 0.2) is 0 Å². The minimum Gasteiger partial charge on any atom is -0.438 e. The number of nitrogens with zero attached hydrogens (tertiary/aromatic N) is 1. The minimum absolute atomic E-state index is 0.117. The Hall–Kier alpha value is -1.40. The van der Waals surface area contributed by atoms with Gasteiger partial charge in [-0.1, -0.05) is 30.4 Å². The van der Waals surface area contributed by atoms with Crippen molar-refractivity contribution in [1.29, 1.82) is 0 Å². The summed E-state index contributed by atoms with van der Waals surface area (Å²) in [6.07, 6.45) is 8.38. The third-order valence-corrected chi connectivity index (χ3v) is 4.62. The second-order valence-electron chi connectivity index (χ2n) is 5.84. The quantitative estimate of drug-likeness (QED) is 0.136. The monoisotopic (exact) mass is 401 g/mol. The summed E-state index contributed by atoms with van der Waals surface area (Å²) in [7, 11) is -4.65. The number of thiocarbonyl (C=S) groups is 1. The number of aliphatic imine (C=N–C) groups is 1. The van der Waals surface area contributed by atoms with Gasteiger partial charge < -0.3 is 14.5 Å². The fraction of sp³-hybridized carbons (Fsp3) is 0.529. The van der Waals surface area contributed by atoms with E-state index in [9.17, 15) is 9.36 Å². The number of phosphoric acid groups is 1. The summed E-state index contributed by atoms with van der Waals surface area (Å²) in [5.74, 6) is -0.231. The van der Waals surface area contributed by atoms with Crippen LogP contribution in [-0.2, 0) is 18.6 Å². The smallest absolute Gasteiger partial charge is 0.438 e. The van der Waals surface area contributed by atoms with E-state index in [2.05, 4.69) is 33.5 Å². The molecule has 0 amide bonds. The molecule has 0 aromatic rings. The number of allylic oxidation sites excluding steroid dienone is 5. The number of rotatable bonds is 11. The van der Waals surface area contributed by atoms with Crippen molar-refractivity contribution in [2.45, 2.75) is 32.6 Å². The predicted octanol–water partition coefficient (Wildman–Crippen LogP) is 3.56. The Labute approximate surface area is 158 Å². The highest BCUT2D eigenvalue weighted by Gasteiger charge is 2.31. The molecule has 0 aliphatic heterocycles. The van der Waals surface area contributed by atoms with E-state index in [-0.39, 0.29) is 18.3 Å². The summed E-state index contributed by atoms with van der Waals surface area (Å²) >= 11 is 4.56. The first kappa shape index (κ1) is 22.6. The van der Waals surface area contributed by atoms with Crippen LogP contribution >= 0.6 is 20.0 Å². The number of hydrogen-bond donors (Lipinski definition) is 2. The van der Waals surface area contributed by atoms with E-state index in [1.165, 1.54) is 0 Å². The topological polar surface area (TPSA) is 105 Å². The van der Waals surface area contributed by atoms with Gasteiger partial charge in [-0.25, -0.2) is 14.1 Å². The maximum Gasteiger partial charge on any atom is 0.472 e. The second-order valence-corrected chi connectivity index (χ2v) is 7.26. The van der Waals surface area contributed by atoms with E-state index < -0.39 is 20.6 Å². The van der Waals surface area contributed by atoms with Crippen LogP contribution in [0.15, 0.2) is 40.9 Å². The summed E-state index contributed by atoms with van der Waals surface area (Å²) in [5.41, 5.74) is 2.13. The second kappa shape index (κ2) is 11.3. The number of phosphoric ester groups is 1. The molecule has 144 valence electrons. The Balaban J connectivity index is 2.60. The highest BCUT2D eigenvalue weighted by molar-refractivity contribution is 7.78. The normalized spacial score (nSPS) is 20.1. The molecule has 2 N–H and O–H groups in total. The third kappa shape index (κ3) is 8.32. The Morgan fingerprint density at radius 2 is 2.19 bits per heavy atom.